The smallest absolute Gasteiger partial charge is 0.278 e. The van der Waals surface area contributed by atoms with Gasteiger partial charge in [0.05, 0.1) is 5.57 Å². The number of carbonyl (C=O) groups excluding carboxylic acids is 2. The standard InChI is InChI=1S/C26H36N2O2/c1-17-11-12-22(20(4)14-17)23-24(27-15-18(2)13-19(3)16-27)26(30)28(25(23)29)21-9-7-5-6-8-10-21/h11-12,14,18-19,21H,5-10,13,15-16H2,1-4H3. The summed E-state index contributed by atoms with van der Waals surface area (Å²) in [5.41, 5.74) is 4.48. The van der Waals surface area contributed by atoms with Crippen LogP contribution < -0.4 is 0 Å². The molecule has 2 fully saturated rings. The lowest BCUT2D eigenvalue weighted by molar-refractivity contribution is -0.140. The highest BCUT2D eigenvalue weighted by Gasteiger charge is 2.45. The van der Waals surface area contributed by atoms with Crippen molar-refractivity contribution in [2.24, 2.45) is 11.8 Å². The van der Waals surface area contributed by atoms with E-state index in [0.717, 1.165) is 49.9 Å². The normalized spacial score (nSPS) is 26.5. The highest BCUT2D eigenvalue weighted by molar-refractivity contribution is 6.36. The molecule has 162 valence electrons. The summed E-state index contributed by atoms with van der Waals surface area (Å²) in [6.07, 6.45) is 7.68. The van der Waals surface area contributed by atoms with Gasteiger partial charge in [0, 0.05) is 19.1 Å². The Morgan fingerprint density at radius 1 is 0.867 bits per heavy atom. The molecule has 0 bridgehead atoms. The van der Waals surface area contributed by atoms with E-state index >= 15 is 0 Å². The first-order valence-corrected chi connectivity index (χ1v) is 11.8. The highest BCUT2D eigenvalue weighted by Crippen LogP contribution is 2.38. The molecule has 1 saturated heterocycles. The van der Waals surface area contributed by atoms with Crippen LogP contribution >= 0.6 is 0 Å². The molecule has 1 aromatic rings. The SMILES string of the molecule is Cc1ccc(C2=C(N3CC(C)CC(C)C3)C(=O)N(C3CCCCCC3)C2=O)c(C)c1. The van der Waals surface area contributed by atoms with Gasteiger partial charge in [-0.15, -0.1) is 0 Å². The van der Waals surface area contributed by atoms with Crippen LogP contribution in [0.3, 0.4) is 0 Å². The van der Waals surface area contributed by atoms with Crippen LogP contribution in [0.25, 0.3) is 5.57 Å². The molecular formula is C26H36N2O2. The summed E-state index contributed by atoms with van der Waals surface area (Å²) in [6, 6.07) is 6.26. The third-order valence-corrected chi connectivity index (χ3v) is 7.12. The largest absolute Gasteiger partial charge is 0.366 e. The zero-order chi connectivity index (χ0) is 21.4. The maximum atomic E-state index is 13.8. The average molecular weight is 409 g/mol. The van der Waals surface area contributed by atoms with E-state index < -0.39 is 0 Å². The number of hydrogen-bond acceptors (Lipinski definition) is 3. The van der Waals surface area contributed by atoms with E-state index in [1.807, 2.05) is 6.07 Å². The first kappa shape index (κ1) is 21.1. The third-order valence-electron chi connectivity index (χ3n) is 7.12. The van der Waals surface area contributed by atoms with E-state index in [1.165, 1.54) is 24.8 Å². The molecule has 3 aliphatic rings. The molecule has 4 nitrogen and oxygen atoms in total. The number of likely N-dealkylation sites (tertiary alicyclic amines) is 1. The molecule has 0 N–H and O–H groups in total. The summed E-state index contributed by atoms with van der Waals surface area (Å²) < 4.78 is 0. The monoisotopic (exact) mass is 408 g/mol. The van der Waals surface area contributed by atoms with Crippen molar-refractivity contribution in [1.29, 1.82) is 0 Å². The first-order chi connectivity index (χ1) is 14.4. The predicted molar refractivity (Wildman–Crippen MR) is 121 cm³/mol. The van der Waals surface area contributed by atoms with Crippen molar-refractivity contribution in [1.82, 2.24) is 9.80 Å². The van der Waals surface area contributed by atoms with E-state index in [0.29, 0.717) is 23.1 Å². The Morgan fingerprint density at radius 2 is 1.50 bits per heavy atom. The predicted octanol–water partition coefficient (Wildman–Crippen LogP) is 5.08. The highest BCUT2D eigenvalue weighted by atomic mass is 16.2. The third kappa shape index (κ3) is 3.93. The minimum Gasteiger partial charge on any atom is -0.366 e. The summed E-state index contributed by atoms with van der Waals surface area (Å²) in [5.74, 6) is 0.927. The lowest BCUT2D eigenvalue weighted by atomic mass is 9.90. The van der Waals surface area contributed by atoms with Crippen LogP contribution in [0.1, 0.15) is 75.5 Å². The zero-order valence-electron chi connectivity index (χ0n) is 19.0. The molecule has 2 heterocycles. The fraction of sp³-hybridized carbons (Fsp3) is 0.615. The van der Waals surface area contributed by atoms with Crippen molar-refractivity contribution in [2.75, 3.05) is 13.1 Å². The number of rotatable bonds is 3. The number of amides is 2. The molecule has 4 rings (SSSR count). The van der Waals surface area contributed by atoms with E-state index in [1.54, 1.807) is 4.90 Å². The number of aryl methyl sites for hydroxylation is 2. The fourth-order valence-electron chi connectivity index (χ4n) is 5.86. The quantitative estimate of drug-likeness (QED) is 0.517. The van der Waals surface area contributed by atoms with E-state index in [2.05, 4.69) is 44.7 Å². The number of nitrogens with zero attached hydrogens (tertiary/aromatic N) is 2. The summed E-state index contributed by atoms with van der Waals surface area (Å²) in [5, 5.41) is 0. The maximum absolute atomic E-state index is 13.8. The van der Waals surface area contributed by atoms with E-state index in [9.17, 15) is 9.59 Å². The Labute approximate surface area is 181 Å². The van der Waals surface area contributed by atoms with Crippen LogP contribution in [0.4, 0.5) is 0 Å². The van der Waals surface area contributed by atoms with Crippen LogP contribution in [0.5, 0.6) is 0 Å². The van der Waals surface area contributed by atoms with Crippen LogP contribution in [0.15, 0.2) is 23.9 Å². The molecule has 2 unspecified atom stereocenters. The van der Waals surface area contributed by atoms with Gasteiger partial charge in [0.2, 0.25) is 0 Å². The van der Waals surface area contributed by atoms with Gasteiger partial charge >= 0.3 is 0 Å². The van der Waals surface area contributed by atoms with E-state index in [-0.39, 0.29) is 17.9 Å². The molecule has 30 heavy (non-hydrogen) atoms. The Balaban J connectivity index is 1.79. The van der Waals surface area contributed by atoms with Crippen LogP contribution in [0.2, 0.25) is 0 Å². The molecule has 2 amide bonds. The number of benzene rings is 1. The molecule has 1 saturated carbocycles. The molecule has 1 aliphatic carbocycles. The van der Waals surface area contributed by atoms with Gasteiger partial charge < -0.3 is 4.90 Å². The van der Waals surface area contributed by atoms with E-state index in [4.69, 9.17) is 0 Å². The van der Waals surface area contributed by atoms with Gasteiger partial charge in [0.15, 0.2) is 0 Å². The van der Waals surface area contributed by atoms with Gasteiger partial charge in [-0.25, -0.2) is 0 Å². The molecule has 0 spiro atoms. The Morgan fingerprint density at radius 3 is 2.10 bits per heavy atom. The van der Waals surface area contributed by atoms with Crippen LogP contribution in [0, 0.1) is 25.7 Å². The molecule has 4 heteroatoms. The van der Waals surface area contributed by atoms with Gasteiger partial charge in [0.25, 0.3) is 11.8 Å². The van der Waals surface area contributed by atoms with Crippen molar-refractivity contribution < 1.29 is 9.59 Å². The van der Waals surface area contributed by atoms with Gasteiger partial charge in [-0.2, -0.15) is 0 Å². The van der Waals surface area contributed by atoms with Gasteiger partial charge in [-0.1, -0.05) is 63.3 Å². The molecular weight excluding hydrogens is 372 g/mol. The minimum atomic E-state index is -0.0697. The topological polar surface area (TPSA) is 40.6 Å². The lowest BCUT2D eigenvalue weighted by Crippen LogP contribution is -2.44. The van der Waals surface area contributed by atoms with Gasteiger partial charge in [-0.05, 0) is 56.1 Å². The lowest BCUT2D eigenvalue weighted by Gasteiger charge is -2.37. The van der Waals surface area contributed by atoms with Crippen molar-refractivity contribution >= 4 is 17.4 Å². The summed E-state index contributed by atoms with van der Waals surface area (Å²) in [7, 11) is 0. The fourth-order valence-corrected chi connectivity index (χ4v) is 5.86. The van der Waals surface area contributed by atoms with Crippen molar-refractivity contribution in [3.8, 4) is 0 Å². The Bertz CT molecular complexity index is 854. The van der Waals surface area contributed by atoms with Gasteiger partial charge in [0.1, 0.15) is 5.70 Å². The second kappa shape index (κ2) is 8.56. The number of piperidine rings is 1. The minimum absolute atomic E-state index is 0.0467. The number of hydrogen-bond donors (Lipinski definition) is 0. The summed E-state index contributed by atoms with van der Waals surface area (Å²) >= 11 is 0. The van der Waals surface area contributed by atoms with Gasteiger partial charge in [-0.3, -0.25) is 14.5 Å². The Kier molecular flexibility index (Phi) is 6.04. The second-order valence-corrected chi connectivity index (χ2v) is 10.0. The molecule has 1 aromatic carbocycles. The molecule has 0 radical (unpaired) electrons. The molecule has 2 atom stereocenters. The first-order valence-electron chi connectivity index (χ1n) is 11.8. The number of imide groups is 1. The van der Waals surface area contributed by atoms with Crippen LogP contribution in [-0.2, 0) is 9.59 Å². The molecule has 0 aromatic heterocycles. The van der Waals surface area contributed by atoms with Crippen LogP contribution in [-0.4, -0.2) is 40.7 Å². The van der Waals surface area contributed by atoms with Crippen molar-refractivity contribution in [3.63, 3.8) is 0 Å². The summed E-state index contributed by atoms with van der Waals surface area (Å²) in [6.45, 7) is 10.3. The second-order valence-electron chi connectivity index (χ2n) is 10.0. The average Bonchev–Trinajstić information content (AvgIpc) is 2.84. The number of carbonyl (C=O) groups is 2. The zero-order valence-corrected chi connectivity index (χ0v) is 19.0. The van der Waals surface area contributed by atoms with Crippen molar-refractivity contribution in [3.05, 3.63) is 40.6 Å². The Hall–Kier alpha value is -2.10. The maximum Gasteiger partial charge on any atom is 0.278 e. The summed E-state index contributed by atoms with van der Waals surface area (Å²) in [4.78, 5) is 31.5. The molecule has 2 aliphatic heterocycles. The van der Waals surface area contributed by atoms with Crippen molar-refractivity contribution in [2.45, 2.75) is 78.7 Å².